The highest BCUT2D eigenvalue weighted by atomic mass is 79.9. The van der Waals surface area contributed by atoms with Crippen molar-refractivity contribution in [2.75, 3.05) is 13.7 Å². The van der Waals surface area contributed by atoms with Gasteiger partial charge in [-0.05, 0) is 73.3 Å². The fourth-order valence-electron chi connectivity index (χ4n) is 3.31. The monoisotopic (exact) mass is 540 g/mol. The number of hydrogen-bond donors (Lipinski definition) is 0. The quantitative estimate of drug-likeness (QED) is 0.309. The Morgan fingerprint density at radius 1 is 1.12 bits per heavy atom. The minimum Gasteiger partial charge on any atom is -0.497 e. The molecule has 0 aliphatic carbocycles. The zero-order chi connectivity index (χ0) is 24.1. The third-order valence-electron chi connectivity index (χ3n) is 5.10. The number of benzene rings is 3. The summed E-state index contributed by atoms with van der Waals surface area (Å²) in [6.07, 6.45) is 1.79. The fourth-order valence-corrected chi connectivity index (χ4v) is 4.75. The molecule has 0 unspecified atom stereocenters. The average molecular weight is 541 g/mol. The van der Waals surface area contributed by atoms with E-state index in [9.17, 15) is 9.18 Å². The molecular formula is C26H22BrFN2O3S. The van der Waals surface area contributed by atoms with E-state index in [0.717, 1.165) is 15.9 Å². The van der Waals surface area contributed by atoms with E-state index >= 15 is 0 Å². The molecule has 0 N–H and O–H groups in total. The van der Waals surface area contributed by atoms with Crippen LogP contribution >= 0.6 is 27.7 Å². The first-order valence-electron chi connectivity index (χ1n) is 10.6. The van der Waals surface area contributed by atoms with Gasteiger partial charge in [0.25, 0.3) is 5.91 Å². The van der Waals surface area contributed by atoms with Crippen LogP contribution in [0.3, 0.4) is 0 Å². The number of ether oxygens (including phenoxy) is 2. The number of likely N-dealkylation sites (N-methyl/N-ethyl adjacent to an activating group) is 1. The van der Waals surface area contributed by atoms with E-state index in [-0.39, 0.29) is 18.3 Å². The largest absolute Gasteiger partial charge is 0.497 e. The summed E-state index contributed by atoms with van der Waals surface area (Å²) in [6.45, 7) is 2.48. The molecular weight excluding hydrogens is 519 g/mol. The van der Waals surface area contributed by atoms with Crippen molar-refractivity contribution in [2.45, 2.75) is 13.5 Å². The third-order valence-corrected chi connectivity index (χ3v) is 6.60. The van der Waals surface area contributed by atoms with Gasteiger partial charge in [-0.25, -0.2) is 9.38 Å². The van der Waals surface area contributed by atoms with Crippen molar-refractivity contribution in [3.8, 4) is 11.5 Å². The maximum Gasteiger partial charge on any atom is 0.266 e. The van der Waals surface area contributed by atoms with Crippen LogP contribution in [-0.4, -0.2) is 29.6 Å². The van der Waals surface area contributed by atoms with Gasteiger partial charge in [0.05, 0.1) is 17.7 Å². The predicted molar refractivity (Wildman–Crippen MR) is 138 cm³/mol. The van der Waals surface area contributed by atoms with Gasteiger partial charge in [0.15, 0.2) is 5.17 Å². The number of halogens is 2. The van der Waals surface area contributed by atoms with E-state index in [0.29, 0.717) is 33.5 Å². The lowest BCUT2D eigenvalue weighted by Gasteiger charge is -2.12. The first-order chi connectivity index (χ1) is 16.5. The van der Waals surface area contributed by atoms with Crippen molar-refractivity contribution in [3.63, 3.8) is 0 Å². The molecule has 8 heteroatoms. The Balaban J connectivity index is 1.61. The van der Waals surface area contributed by atoms with Crippen LogP contribution in [0.1, 0.15) is 18.1 Å². The molecule has 3 aromatic rings. The number of carbonyl (C=O) groups excluding carboxylic acids is 1. The molecule has 5 nitrogen and oxygen atoms in total. The number of amidine groups is 1. The predicted octanol–water partition coefficient (Wildman–Crippen LogP) is 6.80. The number of thioether (sulfide) groups is 1. The number of nitrogens with zero attached hydrogens (tertiary/aromatic N) is 2. The summed E-state index contributed by atoms with van der Waals surface area (Å²) >= 11 is 4.79. The molecule has 1 amide bonds. The molecule has 4 rings (SSSR count). The van der Waals surface area contributed by atoms with Gasteiger partial charge in [0, 0.05) is 22.1 Å². The maximum absolute atomic E-state index is 14.0. The molecule has 1 saturated heterocycles. The van der Waals surface area contributed by atoms with Gasteiger partial charge in [-0.3, -0.25) is 9.69 Å². The van der Waals surface area contributed by atoms with Crippen molar-refractivity contribution in [2.24, 2.45) is 4.99 Å². The highest BCUT2D eigenvalue weighted by Gasteiger charge is 2.32. The second-order valence-electron chi connectivity index (χ2n) is 7.31. The van der Waals surface area contributed by atoms with Crippen LogP contribution in [0.2, 0.25) is 0 Å². The Bertz CT molecular complexity index is 1260. The van der Waals surface area contributed by atoms with Crippen molar-refractivity contribution >= 4 is 50.5 Å². The van der Waals surface area contributed by atoms with E-state index in [1.165, 1.54) is 17.8 Å². The zero-order valence-corrected chi connectivity index (χ0v) is 21.0. The molecule has 174 valence electrons. The van der Waals surface area contributed by atoms with E-state index < -0.39 is 0 Å². The van der Waals surface area contributed by atoms with Crippen LogP contribution in [-0.2, 0) is 11.4 Å². The minimum atomic E-state index is -0.320. The highest BCUT2D eigenvalue weighted by molar-refractivity contribution is 9.10. The van der Waals surface area contributed by atoms with E-state index in [1.807, 2.05) is 43.3 Å². The number of aliphatic imine (C=N–C) groups is 1. The Labute approximate surface area is 210 Å². The Morgan fingerprint density at radius 2 is 1.88 bits per heavy atom. The first-order valence-corrected chi connectivity index (χ1v) is 12.2. The molecule has 1 fully saturated rings. The normalized spacial score (nSPS) is 15.9. The van der Waals surface area contributed by atoms with Crippen molar-refractivity contribution in [1.82, 2.24) is 4.90 Å². The Morgan fingerprint density at radius 3 is 2.59 bits per heavy atom. The van der Waals surface area contributed by atoms with Crippen LogP contribution < -0.4 is 9.47 Å². The van der Waals surface area contributed by atoms with E-state index in [2.05, 4.69) is 20.9 Å². The van der Waals surface area contributed by atoms with Gasteiger partial charge in [-0.15, -0.1) is 0 Å². The molecule has 1 heterocycles. The number of hydrogen-bond acceptors (Lipinski definition) is 5. The summed E-state index contributed by atoms with van der Waals surface area (Å²) in [5, 5.41) is 0.604. The highest BCUT2D eigenvalue weighted by Crippen LogP contribution is 2.36. The molecule has 0 aromatic heterocycles. The lowest BCUT2D eigenvalue weighted by atomic mass is 10.1. The molecule has 1 aliphatic rings. The molecule has 0 bridgehead atoms. The number of carbonyl (C=O) groups is 1. The van der Waals surface area contributed by atoms with Gasteiger partial charge in [-0.2, -0.15) is 0 Å². The summed E-state index contributed by atoms with van der Waals surface area (Å²) < 4.78 is 26.0. The molecule has 3 aromatic carbocycles. The van der Waals surface area contributed by atoms with Gasteiger partial charge in [0.1, 0.15) is 23.9 Å². The third kappa shape index (κ3) is 5.51. The topological polar surface area (TPSA) is 51.1 Å². The number of amides is 1. The maximum atomic E-state index is 14.0. The fraction of sp³-hybridized carbons (Fsp3) is 0.154. The van der Waals surface area contributed by atoms with Crippen molar-refractivity contribution in [3.05, 3.63) is 93.1 Å². The summed E-state index contributed by atoms with van der Waals surface area (Å²) in [5.41, 5.74) is 1.90. The van der Waals surface area contributed by atoms with Crippen LogP contribution in [0, 0.1) is 5.82 Å². The van der Waals surface area contributed by atoms with Crippen molar-refractivity contribution < 1.29 is 18.7 Å². The SMILES string of the molecule is CCN1C(=O)C(=Cc2cc(Br)ccc2OCc2ccccc2F)SC1=Nc1ccc(OC)cc1. The minimum absolute atomic E-state index is 0.0802. The number of methoxy groups -OCH3 is 1. The first kappa shape index (κ1) is 24.0. The zero-order valence-electron chi connectivity index (χ0n) is 18.6. The summed E-state index contributed by atoms with van der Waals surface area (Å²) in [7, 11) is 1.61. The van der Waals surface area contributed by atoms with Crippen LogP contribution in [0.4, 0.5) is 10.1 Å². The second kappa shape index (κ2) is 10.9. The standard InChI is InChI=1S/C26H22BrFN2O3S/c1-3-30-25(31)24(34-26(30)29-20-9-11-21(32-2)12-10-20)15-18-14-19(27)8-13-23(18)33-16-17-6-4-5-7-22(17)28/h4-15H,3,16H2,1-2H3. The summed E-state index contributed by atoms with van der Waals surface area (Å²) in [6, 6.07) is 19.3. The van der Waals surface area contributed by atoms with Crippen LogP contribution in [0.5, 0.6) is 11.5 Å². The summed E-state index contributed by atoms with van der Waals surface area (Å²) in [4.78, 5) is 19.9. The Kier molecular flexibility index (Phi) is 7.70. The molecule has 34 heavy (non-hydrogen) atoms. The van der Waals surface area contributed by atoms with Crippen molar-refractivity contribution in [1.29, 1.82) is 0 Å². The van der Waals surface area contributed by atoms with Crippen LogP contribution in [0.25, 0.3) is 6.08 Å². The second-order valence-corrected chi connectivity index (χ2v) is 9.24. The summed E-state index contributed by atoms with van der Waals surface area (Å²) in [5.74, 6) is 0.847. The van der Waals surface area contributed by atoms with Crippen LogP contribution in [0.15, 0.2) is 81.1 Å². The van der Waals surface area contributed by atoms with Gasteiger partial charge in [0.2, 0.25) is 0 Å². The van der Waals surface area contributed by atoms with Gasteiger partial charge >= 0.3 is 0 Å². The smallest absolute Gasteiger partial charge is 0.266 e. The average Bonchev–Trinajstić information content (AvgIpc) is 3.13. The molecule has 0 radical (unpaired) electrons. The molecule has 0 spiro atoms. The molecule has 0 atom stereocenters. The molecule has 0 saturated carbocycles. The lowest BCUT2D eigenvalue weighted by Crippen LogP contribution is -2.28. The molecule has 1 aliphatic heterocycles. The Hall–Kier alpha value is -3.10. The van der Waals surface area contributed by atoms with E-state index in [4.69, 9.17) is 9.47 Å². The van der Waals surface area contributed by atoms with Gasteiger partial charge in [-0.1, -0.05) is 34.1 Å². The number of rotatable bonds is 7. The van der Waals surface area contributed by atoms with E-state index in [1.54, 1.807) is 42.4 Å². The van der Waals surface area contributed by atoms with Gasteiger partial charge < -0.3 is 9.47 Å². The lowest BCUT2D eigenvalue weighted by molar-refractivity contribution is -0.122.